The number of rotatable bonds is 4. The lowest BCUT2D eigenvalue weighted by molar-refractivity contribution is -0.124. The van der Waals surface area contributed by atoms with E-state index in [9.17, 15) is 14.4 Å². The van der Waals surface area contributed by atoms with Gasteiger partial charge in [0.05, 0.1) is 11.1 Å². The number of carbonyl (C=O) groups excluding carboxylic acids is 3. The van der Waals surface area contributed by atoms with E-state index in [0.29, 0.717) is 50.0 Å². The van der Waals surface area contributed by atoms with E-state index in [2.05, 4.69) is 27.9 Å². The first-order valence-electron chi connectivity index (χ1n) is 13.8. The number of anilines is 3. The summed E-state index contributed by atoms with van der Waals surface area (Å²) < 4.78 is 5.48. The van der Waals surface area contributed by atoms with Crippen LogP contribution in [-0.4, -0.2) is 48.6 Å². The summed E-state index contributed by atoms with van der Waals surface area (Å²) in [6, 6.07) is 8.72. The zero-order chi connectivity index (χ0) is 26.3. The highest BCUT2D eigenvalue weighted by Gasteiger charge is 2.48. The van der Waals surface area contributed by atoms with Gasteiger partial charge in [-0.2, -0.15) is 0 Å². The number of fused-ring (bicyclic) bond motifs is 3. The number of carbonyl (C=O) groups is 3. The van der Waals surface area contributed by atoms with E-state index in [4.69, 9.17) is 4.74 Å². The molecule has 0 unspecified atom stereocenters. The Labute approximate surface area is 222 Å². The topological polar surface area (TPSA) is 113 Å². The molecule has 3 aliphatic heterocycles. The quantitative estimate of drug-likeness (QED) is 0.568. The van der Waals surface area contributed by atoms with Gasteiger partial charge in [0.2, 0.25) is 11.8 Å². The monoisotopic (exact) mass is 517 g/mol. The summed E-state index contributed by atoms with van der Waals surface area (Å²) in [6.07, 6.45) is 7.57. The van der Waals surface area contributed by atoms with Gasteiger partial charge in [0.1, 0.15) is 11.9 Å². The number of nitrogens with zero attached hydrogens (tertiary/aromatic N) is 2. The fraction of sp³-hybridized carbons (Fsp3) is 0.517. The highest BCUT2D eigenvalue weighted by atomic mass is 16.5. The highest BCUT2D eigenvalue weighted by Crippen LogP contribution is 2.44. The molecule has 38 heavy (non-hydrogen) atoms. The van der Waals surface area contributed by atoms with Gasteiger partial charge in [0.15, 0.2) is 0 Å². The van der Waals surface area contributed by atoms with Crippen LogP contribution in [0, 0.1) is 11.8 Å². The first-order chi connectivity index (χ1) is 18.4. The zero-order valence-corrected chi connectivity index (χ0v) is 21.8. The third-order valence-corrected chi connectivity index (χ3v) is 8.93. The van der Waals surface area contributed by atoms with Crippen molar-refractivity contribution in [2.24, 2.45) is 11.8 Å². The smallest absolute Gasteiger partial charge is 0.322 e. The molecule has 1 aromatic carbocycles. The van der Waals surface area contributed by atoms with Crippen LogP contribution < -0.4 is 20.9 Å². The van der Waals surface area contributed by atoms with E-state index in [1.54, 1.807) is 17.2 Å². The van der Waals surface area contributed by atoms with Crippen molar-refractivity contribution in [2.75, 3.05) is 35.3 Å². The average molecular weight is 518 g/mol. The molecule has 4 aliphatic rings. The van der Waals surface area contributed by atoms with Crippen LogP contribution in [0.25, 0.3) is 0 Å². The van der Waals surface area contributed by atoms with Crippen LogP contribution in [0.5, 0.6) is 0 Å². The Morgan fingerprint density at radius 3 is 2.71 bits per heavy atom. The van der Waals surface area contributed by atoms with Crippen molar-refractivity contribution < 1.29 is 19.1 Å². The first kappa shape index (κ1) is 24.9. The van der Waals surface area contributed by atoms with Crippen molar-refractivity contribution in [3.8, 4) is 0 Å². The largest absolute Gasteiger partial charge is 0.381 e. The summed E-state index contributed by atoms with van der Waals surface area (Å²) in [5.74, 6) is 0.729. The molecule has 1 saturated heterocycles. The number of hydrogen-bond donors (Lipinski definition) is 3. The number of amides is 4. The molecule has 0 bridgehead atoms. The molecule has 4 amide bonds. The first-order valence-corrected chi connectivity index (χ1v) is 13.8. The summed E-state index contributed by atoms with van der Waals surface area (Å²) in [5.41, 5.74) is 2.98. The summed E-state index contributed by atoms with van der Waals surface area (Å²) >= 11 is 0. The SMILES string of the molecule is CC1CCC([C@H](NC(=O)N2CCc3ccccc32)C(=O)Nc2cc3c(cn2)C2(CCOCC2)C(=O)N3)CC1. The van der Waals surface area contributed by atoms with E-state index in [1.807, 2.05) is 24.3 Å². The second-order valence-corrected chi connectivity index (χ2v) is 11.2. The number of ether oxygens (including phenoxy) is 1. The minimum Gasteiger partial charge on any atom is -0.381 e. The van der Waals surface area contributed by atoms with Crippen LogP contribution >= 0.6 is 0 Å². The van der Waals surface area contributed by atoms with E-state index < -0.39 is 11.5 Å². The molecule has 2 aromatic rings. The molecule has 6 rings (SSSR count). The Morgan fingerprint density at radius 2 is 1.92 bits per heavy atom. The fourth-order valence-electron chi connectivity index (χ4n) is 6.57. The third-order valence-electron chi connectivity index (χ3n) is 8.93. The Hall–Kier alpha value is -3.46. The molecule has 3 N–H and O–H groups in total. The van der Waals surface area contributed by atoms with Gasteiger partial charge in [-0.25, -0.2) is 9.78 Å². The molecule has 9 nitrogen and oxygen atoms in total. The zero-order valence-electron chi connectivity index (χ0n) is 21.8. The lowest BCUT2D eigenvalue weighted by Gasteiger charge is -2.33. The summed E-state index contributed by atoms with van der Waals surface area (Å²) in [6.45, 7) is 3.90. The number of nitrogens with one attached hydrogen (secondary N) is 3. The van der Waals surface area contributed by atoms with Crippen molar-refractivity contribution >= 4 is 35.0 Å². The maximum Gasteiger partial charge on any atom is 0.322 e. The molecule has 1 aromatic heterocycles. The number of aromatic nitrogens is 1. The van der Waals surface area contributed by atoms with Crippen LogP contribution in [0.4, 0.5) is 22.0 Å². The number of para-hydroxylation sites is 1. The molecule has 9 heteroatoms. The Kier molecular flexibility index (Phi) is 6.55. The van der Waals surface area contributed by atoms with Crippen LogP contribution in [0.2, 0.25) is 0 Å². The normalized spacial score (nSPS) is 24.3. The van der Waals surface area contributed by atoms with Crippen LogP contribution in [-0.2, 0) is 26.2 Å². The Bertz CT molecular complexity index is 1250. The van der Waals surface area contributed by atoms with Crippen molar-refractivity contribution in [3.05, 3.63) is 47.7 Å². The van der Waals surface area contributed by atoms with Gasteiger partial charge in [-0.15, -0.1) is 0 Å². The van der Waals surface area contributed by atoms with E-state index in [-0.39, 0.29) is 23.8 Å². The van der Waals surface area contributed by atoms with Gasteiger partial charge in [0, 0.05) is 43.3 Å². The van der Waals surface area contributed by atoms with Crippen molar-refractivity contribution in [3.63, 3.8) is 0 Å². The van der Waals surface area contributed by atoms with Gasteiger partial charge in [-0.05, 0) is 55.6 Å². The standard InChI is InChI=1S/C29H35N5O4/c1-18-6-8-20(9-7-18)25(33-28(37)34-13-10-19-4-2-3-5-23(19)34)26(35)32-24-16-22-21(17-30-24)29(27(36)31-22)11-14-38-15-12-29/h2-5,16-18,20,25H,6-15H2,1H3,(H,31,36)(H,33,37)(H,30,32,35)/t18?,20?,25-/m0/s1. The van der Waals surface area contributed by atoms with Crippen LogP contribution in [0.1, 0.15) is 56.6 Å². The van der Waals surface area contributed by atoms with Crippen LogP contribution in [0.15, 0.2) is 36.5 Å². The molecule has 1 aliphatic carbocycles. The molecule has 200 valence electrons. The maximum absolute atomic E-state index is 13.7. The number of hydrogen-bond acceptors (Lipinski definition) is 5. The van der Waals surface area contributed by atoms with Crippen molar-refractivity contribution in [1.29, 1.82) is 0 Å². The second kappa shape index (κ2) is 10.0. The van der Waals surface area contributed by atoms with Gasteiger partial charge >= 0.3 is 6.03 Å². The fourth-order valence-corrected chi connectivity index (χ4v) is 6.57. The maximum atomic E-state index is 13.7. The summed E-state index contributed by atoms with van der Waals surface area (Å²) in [5, 5.41) is 9.00. The lowest BCUT2D eigenvalue weighted by atomic mass is 9.76. The average Bonchev–Trinajstić information content (AvgIpc) is 3.47. The molecule has 1 atom stereocenters. The van der Waals surface area contributed by atoms with Crippen LogP contribution in [0.3, 0.4) is 0 Å². The number of urea groups is 1. The van der Waals surface area contributed by atoms with Gasteiger partial charge in [-0.1, -0.05) is 38.0 Å². The number of pyridine rings is 1. The molecule has 1 spiro atoms. The van der Waals surface area contributed by atoms with Gasteiger partial charge < -0.3 is 20.7 Å². The van der Waals surface area contributed by atoms with Gasteiger partial charge in [-0.3, -0.25) is 14.5 Å². The molecular weight excluding hydrogens is 482 g/mol. The van der Waals surface area contributed by atoms with E-state index in [1.165, 1.54) is 0 Å². The van der Waals surface area contributed by atoms with E-state index in [0.717, 1.165) is 48.9 Å². The summed E-state index contributed by atoms with van der Waals surface area (Å²) in [7, 11) is 0. The minimum absolute atomic E-state index is 0.0339. The molecule has 0 radical (unpaired) electrons. The minimum atomic E-state index is -0.672. The van der Waals surface area contributed by atoms with Crippen molar-refractivity contribution in [1.82, 2.24) is 10.3 Å². The Balaban J connectivity index is 1.21. The van der Waals surface area contributed by atoms with E-state index >= 15 is 0 Å². The van der Waals surface area contributed by atoms with Gasteiger partial charge in [0.25, 0.3) is 0 Å². The molecule has 4 heterocycles. The Morgan fingerprint density at radius 1 is 1.16 bits per heavy atom. The van der Waals surface area contributed by atoms with Crippen molar-refractivity contribution in [2.45, 2.75) is 63.3 Å². The third kappa shape index (κ3) is 4.42. The lowest BCUT2D eigenvalue weighted by Crippen LogP contribution is -2.53. The predicted molar refractivity (Wildman–Crippen MR) is 144 cm³/mol. The molecule has 1 saturated carbocycles. The number of benzene rings is 1. The second-order valence-electron chi connectivity index (χ2n) is 11.2. The summed E-state index contributed by atoms with van der Waals surface area (Å²) in [4.78, 5) is 46.2. The predicted octanol–water partition coefficient (Wildman–Crippen LogP) is 3.99. The molecular formula is C29H35N5O4. The molecule has 2 fully saturated rings. The highest BCUT2D eigenvalue weighted by molar-refractivity contribution is 6.07.